The molecular formula is C35H48B2O6. The fraction of sp³-hybridized carbons (Fsp3) is 0.657. The molecular weight excluding hydrogens is 538 g/mol. The van der Waals surface area contributed by atoms with Gasteiger partial charge in [-0.3, -0.25) is 0 Å². The minimum Gasteiger partial charge on any atom is -0.455 e. The van der Waals surface area contributed by atoms with E-state index in [2.05, 4.69) is 79.7 Å². The van der Waals surface area contributed by atoms with Gasteiger partial charge in [-0.25, -0.2) is 0 Å². The van der Waals surface area contributed by atoms with E-state index in [1.54, 1.807) is 0 Å². The van der Waals surface area contributed by atoms with E-state index in [0.29, 0.717) is 17.8 Å². The Morgan fingerprint density at radius 1 is 0.535 bits per heavy atom. The SMILES string of the molecule is CC1(C)OB(c2ccc(OC(Oc3ccc(B4OC(C)(C)C(C)(C)O4)cc3)C3C4CC5CC(C4)CC3C5)cc2)OC1(C)C. The summed E-state index contributed by atoms with van der Waals surface area (Å²) in [7, 11) is -0.781. The summed E-state index contributed by atoms with van der Waals surface area (Å²) in [5, 5.41) is 0. The highest BCUT2D eigenvalue weighted by molar-refractivity contribution is 6.62. The van der Waals surface area contributed by atoms with Crippen LogP contribution in [0, 0.1) is 29.6 Å². The van der Waals surface area contributed by atoms with Crippen molar-refractivity contribution in [2.75, 3.05) is 0 Å². The van der Waals surface area contributed by atoms with Crippen LogP contribution >= 0.6 is 0 Å². The van der Waals surface area contributed by atoms with Gasteiger partial charge in [-0.1, -0.05) is 24.3 Å². The van der Waals surface area contributed by atoms with Gasteiger partial charge in [0, 0.05) is 5.92 Å². The molecule has 2 aromatic rings. The number of hydrogen-bond donors (Lipinski definition) is 0. The molecule has 43 heavy (non-hydrogen) atoms. The summed E-state index contributed by atoms with van der Waals surface area (Å²) >= 11 is 0. The lowest BCUT2D eigenvalue weighted by Gasteiger charge is -2.55. The zero-order chi connectivity index (χ0) is 30.4. The van der Waals surface area contributed by atoms with Gasteiger partial charge in [-0.05, 0) is 146 Å². The van der Waals surface area contributed by atoms with Crippen LogP contribution in [0.3, 0.4) is 0 Å². The summed E-state index contributed by atoms with van der Waals surface area (Å²) in [4.78, 5) is 0. The van der Waals surface area contributed by atoms with Gasteiger partial charge in [-0.15, -0.1) is 0 Å². The molecule has 2 aliphatic heterocycles. The molecule has 2 aromatic carbocycles. The average molecular weight is 586 g/mol. The molecule has 0 radical (unpaired) electrons. The Labute approximate surface area is 258 Å². The highest BCUT2D eigenvalue weighted by Crippen LogP contribution is 2.57. The van der Waals surface area contributed by atoms with Crippen LogP contribution in [0.2, 0.25) is 0 Å². The third-order valence-corrected chi connectivity index (χ3v) is 11.9. The predicted molar refractivity (Wildman–Crippen MR) is 170 cm³/mol. The van der Waals surface area contributed by atoms with E-state index in [1.807, 2.05) is 24.3 Å². The number of benzene rings is 2. The molecule has 0 amide bonds. The van der Waals surface area contributed by atoms with Gasteiger partial charge in [0.15, 0.2) is 0 Å². The van der Waals surface area contributed by atoms with Crippen molar-refractivity contribution in [3.05, 3.63) is 48.5 Å². The summed E-state index contributed by atoms with van der Waals surface area (Å²) in [6, 6.07) is 16.4. The first-order valence-electron chi connectivity index (χ1n) is 16.4. The minimum absolute atomic E-state index is 0.347. The Bertz CT molecular complexity index is 1180. The van der Waals surface area contributed by atoms with Gasteiger partial charge in [0.25, 0.3) is 0 Å². The summed E-state index contributed by atoms with van der Waals surface area (Å²) < 4.78 is 38.6. The maximum absolute atomic E-state index is 6.78. The van der Waals surface area contributed by atoms with E-state index < -0.39 is 14.2 Å². The summed E-state index contributed by atoms with van der Waals surface area (Å²) in [6.45, 7) is 16.7. The van der Waals surface area contributed by atoms with Crippen molar-refractivity contribution in [2.45, 2.75) is 116 Å². The van der Waals surface area contributed by atoms with Crippen molar-refractivity contribution in [3.8, 4) is 11.5 Å². The van der Waals surface area contributed by atoms with Crippen molar-refractivity contribution in [1.29, 1.82) is 0 Å². The molecule has 6 fully saturated rings. The van der Waals surface area contributed by atoms with E-state index in [-0.39, 0.29) is 28.7 Å². The highest BCUT2D eigenvalue weighted by Gasteiger charge is 2.54. The molecule has 4 aliphatic carbocycles. The Morgan fingerprint density at radius 3 is 1.19 bits per heavy atom. The molecule has 4 bridgehead atoms. The van der Waals surface area contributed by atoms with Crippen LogP contribution in [-0.4, -0.2) is 42.9 Å². The van der Waals surface area contributed by atoms with E-state index in [1.165, 1.54) is 32.1 Å². The van der Waals surface area contributed by atoms with Crippen molar-refractivity contribution in [2.24, 2.45) is 29.6 Å². The molecule has 6 aliphatic rings. The van der Waals surface area contributed by atoms with Crippen LogP contribution in [0.1, 0.15) is 87.5 Å². The Balaban J connectivity index is 1.10. The first-order valence-corrected chi connectivity index (χ1v) is 16.4. The second-order valence-electron chi connectivity index (χ2n) is 15.9. The standard InChI is InChI=1S/C35H48B2O6/c1-32(2)33(3,4)41-36(40-32)26-9-13-28(14-10-26)38-31(30-24-18-22-17-23(20-24)21-25(30)19-22)39-29-15-11-27(12-16-29)37-42-34(5,6)35(7,8)43-37/h9-16,22-25,30-31H,17-21H2,1-8H3. The van der Waals surface area contributed by atoms with Crippen molar-refractivity contribution in [3.63, 3.8) is 0 Å². The van der Waals surface area contributed by atoms with E-state index >= 15 is 0 Å². The zero-order valence-corrected chi connectivity index (χ0v) is 27.2. The predicted octanol–water partition coefficient (Wildman–Crippen LogP) is 6.14. The Morgan fingerprint density at radius 2 is 0.860 bits per heavy atom. The maximum atomic E-state index is 6.78. The zero-order valence-electron chi connectivity index (χ0n) is 27.2. The van der Waals surface area contributed by atoms with Gasteiger partial charge < -0.3 is 28.1 Å². The molecule has 2 saturated heterocycles. The van der Waals surface area contributed by atoms with Gasteiger partial charge in [0.05, 0.1) is 22.4 Å². The fourth-order valence-electron chi connectivity index (χ4n) is 8.23. The second kappa shape index (κ2) is 10.3. The van der Waals surface area contributed by atoms with Gasteiger partial charge in [0.1, 0.15) is 11.5 Å². The molecule has 2 heterocycles. The van der Waals surface area contributed by atoms with Crippen molar-refractivity contribution in [1.82, 2.24) is 0 Å². The summed E-state index contributed by atoms with van der Waals surface area (Å²) in [6.07, 6.45) is 6.31. The molecule has 8 heteroatoms. The largest absolute Gasteiger partial charge is 0.494 e. The first kappa shape index (κ1) is 29.7. The molecule has 230 valence electrons. The second-order valence-corrected chi connectivity index (χ2v) is 15.9. The lowest BCUT2D eigenvalue weighted by molar-refractivity contribution is -0.144. The smallest absolute Gasteiger partial charge is 0.455 e. The molecule has 0 aromatic heterocycles. The van der Waals surface area contributed by atoms with E-state index in [4.69, 9.17) is 28.1 Å². The van der Waals surface area contributed by atoms with Crippen LogP contribution in [0.15, 0.2) is 48.5 Å². The number of ether oxygens (including phenoxy) is 2. The lowest BCUT2D eigenvalue weighted by Crippen LogP contribution is -2.52. The monoisotopic (exact) mass is 586 g/mol. The average Bonchev–Trinajstić information content (AvgIpc) is 3.28. The molecule has 4 saturated carbocycles. The quantitative estimate of drug-likeness (QED) is 0.287. The van der Waals surface area contributed by atoms with Gasteiger partial charge in [0.2, 0.25) is 6.29 Å². The third kappa shape index (κ3) is 5.34. The molecule has 8 rings (SSSR count). The summed E-state index contributed by atoms with van der Waals surface area (Å²) in [5.41, 5.74) is 0.506. The Hall–Kier alpha value is -1.99. The van der Waals surface area contributed by atoms with Crippen LogP contribution in [0.4, 0.5) is 0 Å². The normalized spacial score (nSPS) is 32.9. The molecule has 0 unspecified atom stereocenters. The van der Waals surface area contributed by atoms with Crippen LogP contribution < -0.4 is 20.4 Å². The highest BCUT2D eigenvalue weighted by atomic mass is 16.7. The van der Waals surface area contributed by atoms with Crippen LogP contribution in [0.25, 0.3) is 0 Å². The minimum atomic E-state index is -0.391. The van der Waals surface area contributed by atoms with Gasteiger partial charge in [-0.2, -0.15) is 0 Å². The van der Waals surface area contributed by atoms with Crippen molar-refractivity contribution < 1.29 is 28.1 Å². The van der Waals surface area contributed by atoms with Crippen LogP contribution in [-0.2, 0) is 18.6 Å². The van der Waals surface area contributed by atoms with E-state index in [0.717, 1.165) is 34.3 Å². The van der Waals surface area contributed by atoms with Crippen LogP contribution in [0.5, 0.6) is 11.5 Å². The molecule has 0 atom stereocenters. The maximum Gasteiger partial charge on any atom is 0.494 e. The number of rotatable bonds is 7. The topological polar surface area (TPSA) is 55.4 Å². The fourth-order valence-corrected chi connectivity index (χ4v) is 8.23. The number of hydrogen-bond acceptors (Lipinski definition) is 6. The van der Waals surface area contributed by atoms with E-state index in [9.17, 15) is 0 Å². The third-order valence-electron chi connectivity index (χ3n) is 11.9. The molecule has 0 N–H and O–H groups in total. The lowest BCUT2D eigenvalue weighted by atomic mass is 9.51. The Kier molecular flexibility index (Phi) is 7.09. The molecule has 6 nitrogen and oxygen atoms in total. The van der Waals surface area contributed by atoms with Crippen molar-refractivity contribution >= 4 is 25.2 Å². The first-order chi connectivity index (χ1) is 20.2. The molecule has 0 spiro atoms. The van der Waals surface area contributed by atoms with Gasteiger partial charge >= 0.3 is 14.2 Å². The summed E-state index contributed by atoms with van der Waals surface area (Å²) in [5.74, 6) is 5.11.